The summed E-state index contributed by atoms with van der Waals surface area (Å²) in [6, 6.07) is 7.17. The third-order valence-corrected chi connectivity index (χ3v) is 3.37. The molecule has 5 heteroatoms. The van der Waals surface area contributed by atoms with Crippen LogP contribution in [-0.4, -0.2) is 9.78 Å². The number of hydrogen-bond donors (Lipinski definition) is 0. The first-order chi connectivity index (χ1) is 8.52. The number of nitrogens with zero attached hydrogens (tertiary/aromatic N) is 2. The van der Waals surface area contributed by atoms with Gasteiger partial charge in [0.25, 0.3) is 0 Å². The Morgan fingerprint density at radius 2 is 2.00 bits per heavy atom. The molecule has 0 saturated heterocycles. The van der Waals surface area contributed by atoms with Crippen molar-refractivity contribution < 1.29 is 0 Å². The van der Waals surface area contributed by atoms with Crippen LogP contribution in [0.15, 0.2) is 29.1 Å². The molecule has 1 aromatic carbocycles. The summed E-state index contributed by atoms with van der Waals surface area (Å²) in [5.41, 5.74) is 2.75. The lowest BCUT2D eigenvalue weighted by Crippen LogP contribution is -2.17. The number of rotatable bonds is 2. The zero-order chi connectivity index (χ0) is 13.3. The smallest absolute Gasteiger partial charge is 0.204 e. The van der Waals surface area contributed by atoms with Gasteiger partial charge in [-0.05, 0) is 31.5 Å². The Labute approximate surface area is 115 Å². The molecule has 0 atom stereocenters. The second-order valence-corrected chi connectivity index (χ2v) is 4.75. The molecule has 2 aromatic rings. The zero-order valence-corrected chi connectivity index (χ0v) is 11.6. The zero-order valence-electron chi connectivity index (χ0n) is 10.1. The standard InChI is InChI=1S/C13H12Cl2N2O/c1-8-3-4-10(6-11(8)15)17-9(2)5-13(18)12(7-14)16-17/h3-6H,7H2,1-2H3. The van der Waals surface area contributed by atoms with E-state index in [0.717, 1.165) is 16.9 Å². The summed E-state index contributed by atoms with van der Waals surface area (Å²) in [4.78, 5) is 11.6. The molecule has 18 heavy (non-hydrogen) atoms. The van der Waals surface area contributed by atoms with Crippen LogP contribution < -0.4 is 5.43 Å². The highest BCUT2D eigenvalue weighted by atomic mass is 35.5. The lowest BCUT2D eigenvalue weighted by atomic mass is 10.2. The molecule has 1 aromatic heterocycles. The molecule has 0 bridgehead atoms. The first-order valence-electron chi connectivity index (χ1n) is 5.45. The Hall–Kier alpha value is -1.32. The Morgan fingerprint density at radius 1 is 1.28 bits per heavy atom. The van der Waals surface area contributed by atoms with Crippen molar-refractivity contribution >= 4 is 23.2 Å². The first kappa shape index (κ1) is 13.1. The summed E-state index contributed by atoms with van der Waals surface area (Å²) in [5.74, 6) is 0.0959. The lowest BCUT2D eigenvalue weighted by Gasteiger charge is -2.11. The normalized spacial score (nSPS) is 10.7. The molecule has 0 aliphatic rings. The lowest BCUT2D eigenvalue weighted by molar-refractivity contribution is 0.772. The van der Waals surface area contributed by atoms with Gasteiger partial charge >= 0.3 is 0 Å². The van der Waals surface area contributed by atoms with Gasteiger partial charge in [0.15, 0.2) is 0 Å². The Bertz CT molecular complexity index is 650. The van der Waals surface area contributed by atoms with Crippen molar-refractivity contribution in [2.75, 3.05) is 0 Å². The molecule has 0 spiro atoms. The fraction of sp³-hybridized carbons (Fsp3) is 0.231. The van der Waals surface area contributed by atoms with Crippen LogP contribution in [0.2, 0.25) is 5.02 Å². The van der Waals surface area contributed by atoms with Gasteiger partial charge in [-0.2, -0.15) is 5.10 Å². The molecule has 1 heterocycles. The molecular weight excluding hydrogens is 271 g/mol. The number of benzene rings is 1. The monoisotopic (exact) mass is 282 g/mol. The fourth-order valence-electron chi connectivity index (χ4n) is 1.65. The van der Waals surface area contributed by atoms with E-state index in [4.69, 9.17) is 23.2 Å². The summed E-state index contributed by atoms with van der Waals surface area (Å²) >= 11 is 11.8. The van der Waals surface area contributed by atoms with Crippen molar-refractivity contribution in [2.24, 2.45) is 0 Å². The van der Waals surface area contributed by atoms with Gasteiger partial charge in [-0.3, -0.25) is 4.79 Å². The van der Waals surface area contributed by atoms with Crippen LogP contribution >= 0.6 is 23.2 Å². The maximum atomic E-state index is 11.6. The second-order valence-electron chi connectivity index (χ2n) is 4.08. The van der Waals surface area contributed by atoms with Crippen LogP contribution in [0, 0.1) is 13.8 Å². The molecule has 0 aliphatic heterocycles. The van der Waals surface area contributed by atoms with Crippen molar-refractivity contribution in [3.05, 3.63) is 56.5 Å². The summed E-state index contributed by atoms with van der Waals surface area (Å²) in [5, 5.41) is 4.91. The minimum absolute atomic E-state index is 0.0959. The first-order valence-corrected chi connectivity index (χ1v) is 6.36. The van der Waals surface area contributed by atoms with E-state index in [9.17, 15) is 4.79 Å². The van der Waals surface area contributed by atoms with Gasteiger partial charge in [0.05, 0.1) is 11.6 Å². The third-order valence-electron chi connectivity index (χ3n) is 2.71. The summed E-state index contributed by atoms with van der Waals surface area (Å²) in [6.07, 6.45) is 0. The number of halogens is 2. The van der Waals surface area contributed by atoms with Crippen LogP contribution in [-0.2, 0) is 5.88 Å². The van der Waals surface area contributed by atoms with Gasteiger partial charge < -0.3 is 0 Å². The Balaban J connectivity index is 2.63. The molecule has 0 radical (unpaired) electrons. The average Bonchev–Trinajstić information content (AvgIpc) is 2.33. The molecule has 0 saturated carbocycles. The molecule has 0 aliphatic carbocycles. The van der Waals surface area contributed by atoms with Gasteiger partial charge in [0.1, 0.15) is 5.69 Å². The minimum atomic E-state index is -0.142. The van der Waals surface area contributed by atoms with Crippen molar-refractivity contribution in [3.63, 3.8) is 0 Å². The van der Waals surface area contributed by atoms with Crippen molar-refractivity contribution in [1.82, 2.24) is 9.78 Å². The van der Waals surface area contributed by atoms with E-state index in [1.807, 2.05) is 32.0 Å². The molecule has 2 rings (SSSR count). The Kier molecular flexibility index (Phi) is 3.73. The summed E-state index contributed by atoms with van der Waals surface area (Å²) in [7, 11) is 0. The largest absolute Gasteiger partial charge is 0.288 e. The number of aromatic nitrogens is 2. The van der Waals surface area contributed by atoms with E-state index in [2.05, 4.69) is 5.10 Å². The van der Waals surface area contributed by atoms with Crippen molar-refractivity contribution in [3.8, 4) is 5.69 Å². The topological polar surface area (TPSA) is 34.9 Å². The van der Waals surface area contributed by atoms with Gasteiger partial charge in [-0.25, -0.2) is 4.68 Å². The fourth-order valence-corrected chi connectivity index (χ4v) is 2.01. The minimum Gasteiger partial charge on any atom is -0.288 e. The molecule has 3 nitrogen and oxygen atoms in total. The van der Waals surface area contributed by atoms with Gasteiger partial charge in [0.2, 0.25) is 5.43 Å². The van der Waals surface area contributed by atoms with Crippen LogP contribution in [0.4, 0.5) is 0 Å². The van der Waals surface area contributed by atoms with E-state index < -0.39 is 0 Å². The van der Waals surface area contributed by atoms with E-state index in [1.165, 1.54) is 6.07 Å². The molecule has 0 amide bonds. The van der Waals surface area contributed by atoms with Gasteiger partial charge in [0, 0.05) is 16.8 Å². The molecule has 94 valence electrons. The summed E-state index contributed by atoms with van der Waals surface area (Å²) < 4.78 is 1.67. The maximum Gasteiger partial charge on any atom is 0.204 e. The Morgan fingerprint density at radius 3 is 2.61 bits per heavy atom. The molecule has 0 unspecified atom stereocenters. The second kappa shape index (κ2) is 5.12. The average molecular weight is 283 g/mol. The van der Waals surface area contributed by atoms with E-state index >= 15 is 0 Å². The SMILES string of the molecule is Cc1ccc(-n2nc(CCl)c(=O)cc2C)cc1Cl. The highest BCUT2D eigenvalue weighted by Crippen LogP contribution is 2.19. The highest BCUT2D eigenvalue weighted by molar-refractivity contribution is 6.31. The summed E-state index contributed by atoms with van der Waals surface area (Å²) in [6.45, 7) is 3.75. The highest BCUT2D eigenvalue weighted by Gasteiger charge is 2.07. The van der Waals surface area contributed by atoms with Crippen LogP contribution in [0.25, 0.3) is 5.69 Å². The van der Waals surface area contributed by atoms with Crippen molar-refractivity contribution in [1.29, 1.82) is 0 Å². The number of aryl methyl sites for hydroxylation is 2. The quantitative estimate of drug-likeness (QED) is 0.793. The molecular formula is C13H12Cl2N2O. The third kappa shape index (κ3) is 2.42. The van der Waals surface area contributed by atoms with Gasteiger partial charge in [-0.1, -0.05) is 17.7 Å². The van der Waals surface area contributed by atoms with Crippen LogP contribution in [0.1, 0.15) is 17.0 Å². The van der Waals surface area contributed by atoms with E-state index in [0.29, 0.717) is 10.7 Å². The maximum absolute atomic E-state index is 11.6. The predicted octanol–water partition coefficient (Wildman–Crippen LogP) is 3.24. The van der Waals surface area contributed by atoms with E-state index in [1.54, 1.807) is 4.68 Å². The number of alkyl halides is 1. The van der Waals surface area contributed by atoms with E-state index in [-0.39, 0.29) is 11.3 Å². The van der Waals surface area contributed by atoms with Crippen molar-refractivity contribution in [2.45, 2.75) is 19.7 Å². The molecule has 0 N–H and O–H groups in total. The molecule has 0 fully saturated rings. The van der Waals surface area contributed by atoms with Crippen LogP contribution in [0.3, 0.4) is 0 Å². The van der Waals surface area contributed by atoms with Crippen LogP contribution in [0.5, 0.6) is 0 Å². The predicted molar refractivity (Wildman–Crippen MR) is 73.9 cm³/mol. The number of hydrogen-bond acceptors (Lipinski definition) is 2. The van der Waals surface area contributed by atoms with Gasteiger partial charge in [-0.15, -0.1) is 11.6 Å².